The lowest BCUT2D eigenvalue weighted by atomic mass is 10.2. The summed E-state index contributed by atoms with van der Waals surface area (Å²) in [7, 11) is 1.91. The number of aliphatic carboxylic acids is 2. The van der Waals surface area contributed by atoms with Gasteiger partial charge in [-0.1, -0.05) is 16.9 Å². The molecule has 0 aliphatic carbocycles. The van der Waals surface area contributed by atoms with E-state index in [9.17, 15) is 24.6 Å². The normalized spacial score (nSPS) is 18.1. The van der Waals surface area contributed by atoms with Crippen LogP contribution in [0.3, 0.4) is 0 Å². The van der Waals surface area contributed by atoms with Gasteiger partial charge in [0.25, 0.3) is 5.91 Å². The number of carbonyl (C=O) groups excluding carboxylic acids is 1. The predicted octanol–water partition coefficient (Wildman–Crippen LogP) is 1.14. The van der Waals surface area contributed by atoms with Crippen molar-refractivity contribution in [1.29, 1.82) is 0 Å². The number of nitrogens with zero attached hydrogens (tertiary/aromatic N) is 6. The topological polar surface area (TPSA) is 206 Å². The fourth-order valence-corrected chi connectivity index (χ4v) is 7.29. The molecule has 1 aliphatic heterocycles. The summed E-state index contributed by atoms with van der Waals surface area (Å²) in [6.07, 6.45) is 3.81. The number of carbonyl (C=O) groups is 3. The van der Waals surface area contributed by atoms with Crippen LogP contribution in [0.5, 0.6) is 0 Å². The third-order valence-electron chi connectivity index (χ3n) is 5.20. The summed E-state index contributed by atoms with van der Waals surface area (Å²) >= 11 is 4.56. The van der Waals surface area contributed by atoms with Crippen molar-refractivity contribution in [1.82, 2.24) is 19.7 Å². The first-order chi connectivity index (χ1) is 19.2. The molecule has 14 nitrogen and oxygen atoms in total. The zero-order valence-electron chi connectivity index (χ0n) is 21.0. The van der Waals surface area contributed by atoms with E-state index >= 15 is 0 Å². The SMILES string of the molecule is CCON=C(C(=O)NC(C(=O)O)C1N=C(C(=O)O)C(Sc2nc(-c3cc[n+](C)cc3)cs2)CS1)c1nsc(N)n1. The van der Waals surface area contributed by atoms with E-state index < -0.39 is 34.5 Å². The third-order valence-corrected chi connectivity index (χ3v) is 9.38. The molecule has 18 heteroatoms. The summed E-state index contributed by atoms with van der Waals surface area (Å²) < 4.78 is 6.49. The maximum Gasteiger partial charge on any atom is 0.351 e. The fourth-order valence-electron chi connectivity index (χ4n) is 3.32. The highest BCUT2D eigenvalue weighted by molar-refractivity contribution is 8.05. The largest absolute Gasteiger partial charge is 0.480 e. The third kappa shape index (κ3) is 7.12. The van der Waals surface area contributed by atoms with Gasteiger partial charge in [-0.3, -0.25) is 9.79 Å². The first-order valence-corrected chi connectivity index (χ1v) is 15.1. The lowest BCUT2D eigenvalue weighted by molar-refractivity contribution is -0.671. The zero-order chi connectivity index (χ0) is 28.8. The van der Waals surface area contributed by atoms with E-state index in [0.29, 0.717) is 4.34 Å². The standard InChI is InChI=1S/C22H22N8O6S4/c1-3-36-28-14(16-27-21(23)40-29-16)17(31)25-15(20(34)35)18-26-13(19(32)33)12(9-37-18)39-22-24-11(8-38-22)10-4-6-30(2)7-5-10/h4-8,12,15,18H,3,9H2,1-2H3,(H4-,23,25,27,29,31,32,33,34,35)/p+1. The Morgan fingerprint density at radius 1 is 1.30 bits per heavy atom. The van der Waals surface area contributed by atoms with Crippen molar-refractivity contribution in [2.24, 2.45) is 17.2 Å². The zero-order valence-corrected chi connectivity index (χ0v) is 24.2. The van der Waals surface area contributed by atoms with Crippen molar-refractivity contribution in [3.8, 4) is 11.3 Å². The Balaban J connectivity index is 1.52. The highest BCUT2D eigenvalue weighted by atomic mass is 32.2. The average molecular weight is 624 g/mol. The van der Waals surface area contributed by atoms with E-state index in [4.69, 9.17) is 10.6 Å². The van der Waals surface area contributed by atoms with Gasteiger partial charge in [0.2, 0.25) is 11.5 Å². The maximum absolute atomic E-state index is 13.0. The van der Waals surface area contributed by atoms with Gasteiger partial charge in [0.15, 0.2) is 27.9 Å². The molecule has 210 valence electrons. The Morgan fingerprint density at radius 2 is 2.05 bits per heavy atom. The van der Waals surface area contributed by atoms with Crippen LogP contribution in [-0.2, 0) is 26.3 Å². The van der Waals surface area contributed by atoms with Gasteiger partial charge in [-0.25, -0.2) is 19.1 Å². The van der Waals surface area contributed by atoms with Gasteiger partial charge in [0.1, 0.15) is 24.7 Å². The van der Waals surface area contributed by atoms with E-state index in [2.05, 4.69) is 29.8 Å². The molecule has 4 rings (SSSR count). The number of aromatic nitrogens is 4. The number of nitrogens with one attached hydrogen (secondary N) is 1. The van der Waals surface area contributed by atoms with Gasteiger partial charge in [-0.15, -0.1) is 23.1 Å². The number of rotatable bonds is 11. The van der Waals surface area contributed by atoms with E-state index in [-0.39, 0.29) is 34.7 Å². The molecule has 0 bridgehead atoms. The Morgan fingerprint density at radius 3 is 2.67 bits per heavy atom. The molecular weight excluding hydrogens is 601 g/mol. The Hall–Kier alpha value is -3.61. The van der Waals surface area contributed by atoms with Gasteiger partial charge in [0.05, 0.1) is 10.9 Å². The summed E-state index contributed by atoms with van der Waals surface area (Å²) in [6.45, 7) is 1.78. The molecule has 0 aromatic carbocycles. The monoisotopic (exact) mass is 623 g/mol. The number of carboxylic acid groups (broad SMARTS) is 2. The molecule has 1 amide bonds. The van der Waals surface area contributed by atoms with Crippen LogP contribution in [0.2, 0.25) is 0 Å². The number of amides is 1. The van der Waals surface area contributed by atoms with E-state index in [1.54, 1.807) is 6.92 Å². The molecule has 0 spiro atoms. The van der Waals surface area contributed by atoms with Crippen LogP contribution in [0.25, 0.3) is 11.3 Å². The highest BCUT2D eigenvalue weighted by Gasteiger charge is 2.39. The van der Waals surface area contributed by atoms with Crippen LogP contribution in [0.4, 0.5) is 5.13 Å². The number of hydrogen-bond acceptors (Lipinski definition) is 14. The highest BCUT2D eigenvalue weighted by Crippen LogP contribution is 2.36. The molecule has 4 heterocycles. The lowest BCUT2D eigenvalue weighted by Gasteiger charge is -2.28. The van der Waals surface area contributed by atoms with Crippen LogP contribution in [0, 0.1) is 0 Å². The van der Waals surface area contributed by atoms with Gasteiger partial charge >= 0.3 is 11.9 Å². The smallest absolute Gasteiger partial charge is 0.351 e. The van der Waals surface area contributed by atoms with E-state index in [0.717, 1.165) is 34.6 Å². The number of pyridine rings is 1. The number of nitrogen functional groups attached to an aromatic ring is 1. The number of hydrogen-bond donors (Lipinski definition) is 4. The van der Waals surface area contributed by atoms with Crippen LogP contribution in [0.15, 0.2) is 44.4 Å². The Bertz CT molecular complexity index is 1460. The Labute approximate surface area is 243 Å². The molecule has 0 saturated carbocycles. The van der Waals surface area contributed by atoms with Gasteiger partial charge < -0.3 is 26.1 Å². The summed E-state index contributed by atoms with van der Waals surface area (Å²) in [5.74, 6) is -3.54. The van der Waals surface area contributed by atoms with Crippen LogP contribution in [0.1, 0.15) is 12.7 Å². The molecule has 3 atom stereocenters. The molecule has 0 saturated heterocycles. The second-order valence-corrected chi connectivity index (χ2v) is 12.2. The van der Waals surface area contributed by atoms with Crippen molar-refractivity contribution in [3.63, 3.8) is 0 Å². The van der Waals surface area contributed by atoms with Gasteiger partial charge in [0, 0.05) is 40.4 Å². The molecule has 0 radical (unpaired) electrons. The first-order valence-electron chi connectivity index (χ1n) is 11.5. The lowest BCUT2D eigenvalue weighted by Crippen LogP contribution is -2.51. The van der Waals surface area contributed by atoms with E-state index in [1.807, 2.05) is 41.5 Å². The fraction of sp³-hybridized carbons (Fsp3) is 0.318. The molecule has 3 aromatic heterocycles. The molecular formula is C22H23N8O6S4+. The molecule has 3 aromatic rings. The number of thioether (sulfide) groups is 2. The first kappa shape index (κ1) is 29.4. The minimum Gasteiger partial charge on any atom is -0.480 e. The molecule has 0 fully saturated rings. The number of aryl methyl sites for hydroxylation is 1. The second kappa shape index (κ2) is 13.2. The number of oxime groups is 1. The van der Waals surface area contributed by atoms with Crippen molar-refractivity contribution in [2.75, 3.05) is 18.1 Å². The molecule has 5 N–H and O–H groups in total. The van der Waals surface area contributed by atoms with Crippen molar-refractivity contribution in [3.05, 3.63) is 35.7 Å². The number of thiazole rings is 1. The summed E-state index contributed by atoms with van der Waals surface area (Å²) in [4.78, 5) is 55.0. The molecule has 40 heavy (non-hydrogen) atoms. The average Bonchev–Trinajstić information content (AvgIpc) is 3.57. The minimum atomic E-state index is -1.58. The number of anilines is 1. The van der Waals surface area contributed by atoms with Crippen LogP contribution in [-0.4, -0.2) is 82.8 Å². The van der Waals surface area contributed by atoms with E-state index in [1.165, 1.54) is 23.1 Å². The second-order valence-electron chi connectivity index (χ2n) is 8.00. The quantitative estimate of drug-likeness (QED) is 0.135. The van der Waals surface area contributed by atoms with Gasteiger partial charge in [-0.05, 0) is 6.92 Å². The predicted molar refractivity (Wildman–Crippen MR) is 152 cm³/mol. The van der Waals surface area contributed by atoms with Crippen molar-refractivity contribution in [2.45, 2.75) is 27.9 Å². The molecule has 1 aliphatic rings. The summed E-state index contributed by atoms with van der Waals surface area (Å²) in [6, 6.07) is 2.28. The van der Waals surface area contributed by atoms with Crippen molar-refractivity contribution < 1.29 is 34.0 Å². The van der Waals surface area contributed by atoms with Crippen molar-refractivity contribution >= 4 is 80.8 Å². The van der Waals surface area contributed by atoms with Crippen LogP contribution >= 0.6 is 46.4 Å². The van der Waals surface area contributed by atoms with Crippen LogP contribution < -0.4 is 15.6 Å². The Kier molecular flexibility index (Phi) is 9.67. The number of carboxylic acids is 2. The number of aliphatic imine (C=N–C) groups is 1. The summed E-state index contributed by atoms with van der Waals surface area (Å²) in [5.41, 5.74) is 6.70. The molecule has 3 unspecified atom stereocenters. The minimum absolute atomic E-state index is 0.0779. The van der Waals surface area contributed by atoms with Gasteiger partial charge in [-0.2, -0.15) is 9.36 Å². The maximum atomic E-state index is 13.0. The number of nitrogens with two attached hydrogens (primary N) is 1. The summed E-state index contributed by atoms with van der Waals surface area (Å²) in [5, 5.41) is 26.1.